The van der Waals surface area contributed by atoms with Gasteiger partial charge in [-0.2, -0.15) is 18.3 Å². The molecule has 6 heteroatoms. The highest BCUT2D eigenvalue weighted by atomic mass is 35.5. The molecule has 2 rings (SSSR count). The average molecular weight is 261 g/mol. The minimum absolute atomic E-state index is 0.0245. The molecule has 2 nitrogen and oxygen atoms in total. The Kier molecular flexibility index (Phi) is 2.87. The maximum atomic E-state index is 12.6. The molecule has 17 heavy (non-hydrogen) atoms. The van der Waals surface area contributed by atoms with Crippen LogP contribution < -0.4 is 0 Å². The quantitative estimate of drug-likeness (QED) is 0.761. The van der Waals surface area contributed by atoms with Crippen LogP contribution in [-0.2, 0) is 6.18 Å². The molecule has 1 aromatic carbocycles. The third-order valence-corrected chi connectivity index (χ3v) is 2.76. The first-order valence-electron chi connectivity index (χ1n) is 4.79. The zero-order valence-corrected chi connectivity index (χ0v) is 9.55. The van der Waals surface area contributed by atoms with Crippen molar-refractivity contribution in [3.8, 4) is 5.69 Å². The van der Waals surface area contributed by atoms with Crippen LogP contribution in [0.15, 0.2) is 30.3 Å². The molecular weight excluding hydrogens is 253 g/mol. The van der Waals surface area contributed by atoms with Crippen LogP contribution in [-0.4, -0.2) is 9.78 Å². The van der Waals surface area contributed by atoms with Gasteiger partial charge >= 0.3 is 6.18 Å². The molecule has 0 radical (unpaired) electrons. The van der Waals surface area contributed by atoms with Gasteiger partial charge in [-0.25, -0.2) is 4.68 Å². The van der Waals surface area contributed by atoms with Crippen molar-refractivity contribution in [2.45, 2.75) is 13.1 Å². The minimum Gasteiger partial charge on any atom is -0.221 e. The highest BCUT2D eigenvalue weighted by Gasteiger charge is 2.37. The largest absolute Gasteiger partial charge is 0.435 e. The molecular formula is C11H8ClF3N2. The predicted molar refractivity (Wildman–Crippen MR) is 58.3 cm³/mol. The van der Waals surface area contributed by atoms with E-state index in [0.29, 0.717) is 5.69 Å². The lowest BCUT2D eigenvalue weighted by atomic mass is 10.3. The van der Waals surface area contributed by atoms with Crippen molar-refractivity contribution in [3.05, 3.63) is 46.7 Å². The maximum Gasteiger partial charge on any atom is 0.435 e. The van der Waals surface area contributed by atoms with Gasteiger partial charge in [0.1, 0.15) is 5.15 Å². The van der Waals surface area contributed by atoms with Crippen LogP contribution in [0.3, 0.4) is 0 Å². The van der Waals surface area contributed by atoms with Gasteiger partial charge in [0.05, 0.1) is 5.69 Å². The fourth-order valence-corrected chi connectivity index (χ4v) is 1.71. The van der Waals surface area contributed by atoms with E-state index in [2.05, 4.69) is 5.10 Å². The van der Waals surface area contributed by atoms with E-state index in [1.165, 1.54) is 6.92 Å². The Balaban J connectivity index is 2.59. The standard InChI is InChI=1S/C11H8ClF3N2/c1-7-9(11(13,14)15)16-17(10(7)12)8-5-3-2-4-6-8/h2-6H,1H3. The van der Waals surface area contributed by atoms with Crippen LogP contribution in [0, 0.1) is 6.92 Å². The van der Waals surface area contributed by atoms with E-state index < -0.39 is 11.9 Å². The van der Waals surface area contributed by atoms with Gasteiger partial charge in [-0.3, -0.25) is 0 Å². The van der Waals surface area contributed by atoms with Crippen molar-refractivity contribution in [2.24, 2.45) is 0 Å². The lowest BCUT2D eigenvalue weighted by Crippen LogP contribution is -2.08. The van der Waals surface area contributed by atoms with E-state index in [4.69, 9.17) is 11.6 Å². The molecule has 0 aliphatic carbocycles. The second-order valence-electron chi connectivity index (χ2n) is 3.51. The molecule has 0 aliphatic heterocycles. The molecule has 2 aromatic rings. The zero-order chi connectivity index (χ0) is 12.6. The Morgan fingerprint density at radius 2 is 1.76 bits per heavy atom. The molecule has 0 spiro atoms. The lowest BCUT2D eigenvalue weighted by molar-refractivity contribution is -0.141. The molecule has 0 atom stereocenters. The summed E-state index contributed by atoms with van der Waals surface area (Å²) >= 11 is 5.85. The smallest absolute Gasteiger partial charge is 0.221 e. The number of alkyl halides is 3. The summed E-state index contributed by atoms with van der Waals surface area (Å²) in [4.78, 5) is 0. The van der Waals surface area contributed by atoms with Crippen LogP contribution in [0.5, 0.6) is 0 Å². The first-order chi connectivity index (χ1) is 7.91. The second-order valence-corrected chi connectivity index (χ2v) is 3.87. The van der Waals surface area contributed by atoms with Crippen molar-refractivity contribution in [1.82, 2.24) is 9.78 Å². The predicted octanol–water partition coefficient (Wildman–Crippen LogP) is 3.85. The number of benzene rings is 1. The van der Waals surface area contributed by atoms with E-state index >= 15 is 0 Å². The summed E-state index contributed by atoms with van der Waals surface area (Å²) in [5.41, 5.74) is -0.523. The number of para-hydroxylation sites is 1. The van der Waals surface area contributed by atoms with Gasteiger partial charge in [-0.15, -0.1) is 0 Å². The number of nitrogens with zero attached hydrogens (tertiary/aromatic N) is 2. The van der Waals surface area contributed by atoms with Gasteiger partial charge in [-0.05, 0) is 19.1 Å². The molecule has 0 saturated heterocycles. The molecule has 0 fully saturated rings. The van der Waals surface area contributed by atoms with E-state index in [-0.39, 0.29) is 10.7 Å². The third-order valence-electron chi connectivity index (χ3n) is 2.32. The highest BCUT2D eigenvalue weighted by molar-refractivity contribution is 6.30. The summed E-state index contributed by atoms with van der Waals surface area (Å²) in [6.07, 6.45) is -4.49. The average Bonchev–Trinajstić information content (AvgIpc) is 2.57. The van der Waals surface area contributed by atoms with Gasteiger partial charge in [-0.1, -0.05) is 29.8 Å². The summed E-state index contributed by atoms with van der Waals surface area (Å²) < 4.78 is 39.0. The van der Waals surface area contributed by atoms with Gasteiger partial charge in [0, 0.05) is 5.56 Å². The Morgan fingerprint density at radius 3 is 2.24 bits per heavy atom. The van der Waals surface area contributed by atoms with Crippen molar-refractivity contribution in [2.75, 3.05) is 0 Å². The molecule has 0 bridgehead atoms. The lowest BCUT2D eigenvalue weighted by Gasteiger charge is -2.03. The first kappa shape index (κ1) is 12.0. The van der Waals surface area contributed by atoms with Gasteiger partial charge in [0.2, 0.25) is 0 Å². The van der Waals surface area contributed by atoms with Crippen molar-refractivity contribution in [3.63, 3.8) is 0 Å². The summed E-state index contributed by atoms with van der Waals surface area (Å²) in [6.45, 7) is 1.30. The van der Waals surface area contributed by atoms with Crippen molar-refractivity contribution >= 4 is 11.6 Å². The zero-order valence-electron chi connectivity index (χ0n) is 8.79. The topological polar surface area (TPSA) is 17.8 Å². The minimum atomic E-state index is -4.49. The van der Waals surface area contributed by atoms with E-state index in [1.54, 1.807) is 30.3 Å². The molecule has 1 aromatic heterocycles. The van der Waals surface area contributed by atoms with Crippen LogP contribution in [0.1, 0.15) is 11.3 Å². The summed E-state index contributed by atoms with van der Waals surface area (Å²) in [5.74, 6) is 0. The number of aromatic nitrogens is 2. The molecule has 90 valence electrons. The van der Waals surface area contributed by atoms with Crippen LogP contribution in [0.25, 0.3) is 5.69 Å². The second kappa shape index (κ2) is 4.07. The van der Waals surface area contributed by atoms with Gasteiger partial charge in [0.15, 0.2) is 5.69 Å². The Labute approximate surface area is 101 Å². The highest BCUT2D eigenvalue weighted by Crippen LogP contribution is 2.34. The molecule has 0 amide bonds. The molecule has 0 unspecified atom stereocenters. The van der Waals surface area contributed by atoms with Crippen LogP contribution in [0.4, 0.5) is 13.2 Å². The first-order valence-corrected chi connectivity index (χ1v) is 5.17. The number of hydrogen-bond donors (Lipinski definition) is 0. The molecule has 0 aliphatic rings. The Bertz CT molecular complexity index is 532. The SMILES string of the molecule is Cc1c(C(F)(F)F)nn(-c2ccccc2)c1Cl. The number of hydrogen-bond acceptors (Lipinski definition) is 1. The van der Waals surface area contributed by atoms with E-state index in [0.717, 1.165) is 4.68 Å². The molecule has 0 N–H and O–H groups in total. The van der Waals surface area contributed by atoms with E-state index in [1.807, 2.05) is 0 Å². The Morgan fingerprint density at radius 1 is 1.18 bits per heavy atom. The fraction of sp³-hybridized carbons (Fsp3) is 0.182. The van der Waals surface area contributed by atoms with Crippen LogP contribution in [0.2, 0.25) is 5.15 Å². The summed E-state index contributed by atoms with van der Waals surface area (Å²) in [5, 5.41) is 3.49. The van der Waals surface area contributed by atoms with Gasteiger partial charge < -0.3 is 0 Å². The number of rotatable bonds is 1. The summed E-state index contributed by atoms with van der Waals surface area (Å²) in [6, 6.07) is 8.45. The normalized spacial score (nSPS) is 11.8. The molecule has 0 saturated carbocycles. The monoisotopic (exact) mass is 260 g/mol. The number of halogens is 4. The van der Waals surface area contributed by atoms with Gasteiger partial charge in [0.25, 0.3) is 0 Å². The van der Waals surface area contributed by atoms with Crippen molar-refractivity contribution < 1.29 is 13.2 Å². The van der Waals surface area contributed by atoms with Crippen LogP contribution >= 0.6 is 11.6 Å². The van der Waals surface area contributed by atoms with E-state index in [9.17, 15) is 13.2 Å². The summed E-state index contributed by atoms with van der Waals surface area (Å²) in [7, 11) is 0. The molecule has 1 heterocycles. The fourth-order valence-electron chi connectivity index (χ4n) is 1.49. The Hall–Kier alpha value is -1.49. The maximum absolute atomic E-state index is 12.6. The van der Waals surface area contributed by atoms with Crippen molar-refractivity contribution in [1.29, 1.82) is 0 Å². The third kappa shape index (κ3) is 2.15.